The number of hydrogen-bond donors (Lipinski definition) is 0. The highest BCUT2D eigenvalue weighted by atomic mass is 14.2. The lowest BCUT2D eigenvalue weighted by molar-refractivity contribution is 0.724. The van der Waals surface area contributed by atoms with Crippen LogP contribution < -0.4 is 0 Å². The van der Waals surface area contributed by atoms with E-state index in [2.05, 4.69) is 58.0 Å². The first-order chi connectivity index (χ1) is 6.62. The Labute approximate surface area is 88.8 Å². The van der Waals surface area contributed by atoms with Crippen molar-refractivity contribution in [2.24, 2.45) is 0 Å². The monoisotopic (exact) mass is 188 g/mol. The molecule has 0 radical (unpaired) electrons. The molecule has 0 fully saturated rings. The first-order valence-electron chi connectivity index (χ1n) is 5.68. The van der Waals surface area contributed by atoms with Crippen LogP contribution in [-0.4, -0.2) is 6.71 Å². The smallest absolute Gasteiger partial charge is 0.0763 e. The predicted molar refractivity (Wildman–Crippen MR) is 66.2 cm³/mol. The highest BCUT2D eigenvalue weighted by molar-refractivity contribution is 6.61. The van der Waals surface area contributed by atoms with Crippen molar-refractivity contribution in [3.8, 4) is 0 Å². The Morgan fingerprint density at radius 1 is 1.00 bits per heavy atom. The van der Waals surface area contributed by atoms with Crippen LogP contribution in [0.25, 0.3) is 0 Å². The zero-order chi connectivity index (χ0) is 10.6. The maximum atomic E-state index is 2.36. The minimum Gasteiger partial charge on any atom is -0.0763 e. The van der Waals surface area contributed by atoms with E-state index in [1.54, 1.807) is 0 Å². The molecule has 0 saturated carbocycles. The topological polar surface area (TPSA) is 0 Å². The Morgan fingerprint density at radius 2 is 1.50 bits per heavy atom. The van der Waals surface area contributed by atoms with E-state index in [-0.39, 0.29) is 0 Å². The van der Waals surface area contributed by atoms with Crippen molar-refractivity contribution >= 4 is 6.71 Å². The molecule has 0 heterocycles. The van der Waals surface area contributed by atoms with Crippen molar-refractivity contribution in [1.29, 1.82) is 0 Å². The van der Waals surface area contributed by atoms with Crippen LogP contribution in [0.5, 0.6) is 0 Å². The third-order valence-electron chi connectivity index (χ3n) is 3.52. The van der Waals surface area contributed by atoms with E-state index in [1.807, 2.05) is 0 Å². The standard InChI is InChI=1S/C13H21B/c1-5-14(6-2)13(3,4)12-10-8-7-9-11-12/h7-11H,5-6H2,1-4H3. The zero-order valence-corrected chi connectivity index (χ0v) is 9.88. The van der Waals surface area contributed by atoms with E-state index < -0.39 is 0 Å². The predicted octanol–water partition coefficient (Wildman–Crippen LogP) is 4.04. The molecule has 0 aliphatic carbocycles. The lowest BCUT2D eigenvalue weighted by Crippen LogP contribution is -2.36. The third kappa shape index (κ3) is 2.20. The van der Waals surface area contributed by atoms with Crippen molar-refractivity contribution in [3.05, 3.63) is 35.9 Å². The Balaban J connectivity index is 2.94. The van der Waals surface area contributed by atoms with Gasteiger partial charge in [-0.05, 0) is 10.9 Å². The van der Waals surface area contributed by atoms with Gasteiger partial charge in [-0.25, -0.2) is 0 Å². The summed E-state index contributed by atoms with van der Waals surface area (Å²) in [7, 11) is 0. The number of benzene rings is 1. The van der Waals surface area contributed by atoms with E-state index in [0.29, 0.717) is 5.31 Å². The lowest BCUT2D eigenvalue weighted by atomic mass is 9.30. The molecular formula is C13H21B. The Bertz CT molecular complexity index is 260. The maximum absolute atomic E-state index is 2.36. The van der Waals surface area contributed by atoms with Crippen molar-refractivity contribution in [2.75, 3.05) is 0 Å². The molecule has 0 aliphatic heterocycles. The van der Waals surface area contributed by atoms with Crippen LogP contribution >= 0.6 is 0 Å². The fourth-order valence-corrected chi connectivity index (χ4v) is 2.41. The Morgan fingerprint density at radius 3 is 1.93 bits per heavy atom. The molecule has 1 aromatic carbocycles. The highest BCUT2D eigenvalue weighted by Crippen LogP contribution is 2.29. The van der Waals surface area contributed by atoms with E-state index in [9.17, 15) is 0 Å². The Hall–Kier alpha value is -0.715. The zero-order valence-electron chi connectivity index (χ0n) is 9.88. The molecule has 0 saturated heterocycles. The van der Waals surface area contributed by atoms with Gasteiger partial charge < -0.3 is 0 Å². The number of hydrogen-bond acceptors (Lipinski definition) is 0. The van der Waals surface area contributed by atoms with E-state index >= 15 is 0 Å². The average Bonchev–Trinajstić information content (AvgIpc) is 2.20. The van der Waals surface area contributed by atoms with Gasteiger partial charge in [0.1, 0.15) is 0 Å². The van der Waals surface area contributed by atoms with E-state index in [1.165, 1.54) is 18.2 Å². The molecule has 0 aromatic heterocycles. The van der Waals surface area contributed by atoms with Crippen LogP contribution in [0.15, 0.2) is 30.3 Å². The van der Waals surface area contributed by atoms with Gasteiger partial charge in [-0.15, -0.1) is 0 Å². The normalized spacial score (nSPS) is 11.4. The molecule has 1 rings (SSSR count). The summed E-state index contributed by atoms with van der Waals surface area (Å²) < 4.78 is 0. The second kappa shape index (κ2) is 4.68. The quantitative estimate of drug-likeness (QED) is 0.625. The van der Waals surface area contributed by atoms with Gasteiger partial charge in [-0.1, -0.05) is 70.7 Å². The van der Waals surface area contributed by atoms with Gasteiger partial charge in [0.25, 0.3) is 0 Å². The second-order valence-electron chi connectivity index (χ2n) is 4.60. The van der Waals surface area contributed by atoms with Gasteiger partial charge in [0.15, 0.2) is 6.71 Å². The first kappa shape index (κ1) is 11.4. The van der Waals surface area contributed by atoms with Crippen LogP contribution in [-0.2, 0) is 5.31 Å². The second-order valence-corrected chi connectivity index (χ2v) is 4.60. The van der Waals surface area contributed by atoms with Crippen LogP contribution in [0.4, 0.5) is 0 Å². The van der Waals surface area contributed by atoms with Gasteiger partial charge in [-0.3, -0.25) is 0 Å². The third-order valence-corrected chi connectivity index (χ3v) is 3.52. The molecule has 1 aromatic rings. The summed E-state index contributed by atoms with van der Waals surface area (Å²) in [5, 5.41) is 0.310. The Kier molecular flexibility index (Phi) is 3.80. The molecule has 1 heteroatoms. The fraction of sp³-hybridized carbons (Fsp3) is 0.538. The van der Waals surface area contributed by atoms with Gasteiger partial charge in [0, 0.05) is 0 Å². The molecule has 0 nitrogen and oxygen atoms in total. The highest BCUT2D eigenvalue weighted by Gasteiger charge is 2.31. The van der Waals surface area contributed by atoms with Crippen molar-refractivity contribution in [1.82, 2.24) is 0 Å². The molecule has 0 N–H and O–H groups in total. The molecule has 0 spiro atoms. The fourth-order valence-electron chi connectivity index (χ4n) is 2.41. The minimum atomic E-state index is 0.310. The van der Waals surface area contributed by atoms with Crippen LogP contribution in [0.1, 0.15) is 33.3 Å². The summed E-state index contributed by atoms with van der Waals surface area (Å²) in [4.78, 5) is 0. The van der Waals surface area contributed by atoms with Crippen molar-refractivity contribution < 1.29 is 0 Å². The van der Waals surface area contributed by atoms with Gasteiger partial charge in [0.05, 0.1) is 0 Å². The van der Waals surface area contributed by atoms with Crippen molar-refractivity contribution in [2.45, 2.75) is 45.6 Å². The summed E-state index contributed by atoms with van der Waals surface area (Å²) in [6, 6.07) is 10.9. The molecule has 14 heavy (non-hydrogen) atoms. The van der Waals surface area contributed by atoms with Gasteiger partial charge >= 0.3 is 0 Å². The van der Waals surface area contributed by atoms with Crippen molar-refractivity contribution in [3.63, 3.8) is 0 Å². The SMILES string of the molecule is CCB(CC)C(C)(C)c1ccccc1. The van der Waals surface area contributed by atoms with Crippen LogP contribution in [0.2, 0.25) is 12.6 Å². The summed E-state index contributed by atoms with van der Waals surface area (Å²) in [6.45, 7) is 10.1. The van der Waals surface area contributed by atoms with Gasteiger partial charge in [0.2, 0.25) is 0 Å². The van der Waals surface area contributed by atoms with E-state index in [0.717, 1.165) is 6.71 Å². The minimum absolute atomic E-state index is 0.310. The average molecular weight is 188 g/mol. The lowest BCUT2D eigenvalue weighted by Gasteiger charge is -2.31. The summed E-state index contributed by atoms with van der Waals surface area (Å²) >= 11 is 0. The molecule has 76 valence electrons. The maximum Gasteiger partial charge on any atom is 0.150 e. The molecule has 0 atom stereocenters. The number of rotatable bonds is 4. The molecule has 0 bridgehead atoms. The molecule has 0 amide bonds. The molecule has 0 aliphatic rings. The largest absolute Gasteiger partial charge is 0.150 e. The van der Waals surface area contributed by atoms with Crippen LogP contribution in [0.3, 0.4) is 0 Å². The summed E-state index contributed by atoms with van der Waals surface area (Å²) in [5.41, 5.74) is 1.47. The molecular weight excluding hydrogens is 167 g/mol. The summed E-state index contributed by atoms with van der Waals surface area (Å²) in [5.74, 6) is 0. The summed E-state index contributed by atoms with van der Waals surface area (Å²) in [6.07, 6.45) is 2.52. The molecule has 0 unspecified atom stereocenters. The van der Waals surface area contributed by atoms with Gasteiger partial charge in [-0.2, -0.15) is 0 Å². The first-order valence-corrected chi connectivity index (χ1v) is 5.68. The van der Waals surface area contributed by atoms with E-state index in [4.69, 9.17) is 0 Å². The van der Waals surface area contributed by atoms with Crippen LogP contribution in [0, 0.1) is 0 Å².